The second kappa shape index (κ2) is 5.67. The predicted octanol–water partition coefficient (Wildman–Crippen LogP) is 3.89. The van der Waals surface area contributed by atoms with Crippen molar-refractivity contribution in [2.75, 3.05) is 0 Å². The molecular weight excluding hydrogens is 277 g/mol. The summed E-state index contributed by atoms with van der Waals surface area (Å²) in [5.74, 6) is 0.715. The van der Waals surface area contributed by atoms with E-state index in [1.165, 1.54) is 11.8 Å². The van der Waals surface area contributed by atoms with Gasteiger partial charge in [-0.3, -0.25) is 0 Å². The van der Waals surface area contributed by atoms with E-state index >= 15 is 0 Å². The molecule has 3 nitrogen and oxygen atoms in total. The maximum absolute atomic E-state index is 6.03. The zero-order valence-electron chi connectivity index (χ0n) is 9.02. The summed E-state index contributed by atoms with van der Waals surface area (Å²) < 4.78 is 0. The Hall–Kier alpha value is -0.840. The minimum absolute atomic E-state index is 0.436. The topological polar surface area (TPSA) is 38.7 Å². The summed E-state index contributed by atoms with van der Waals surface area (Å²) in [6, 6.07) is 5.29. The third kappa shape index (κ3) is 3.31. The molecule has 0 amide bonds. The van der Waals surface area contributed by atoms with Gasteiger partial charge in [-0.05, 0) is 23.9 Å². The van der Waals surface area contributed by atoms with Crippen LogP contribution in [0.3, 0.4) is 0 Å². The van der Waals surface area contributed by atoms with Crippen LogP contribution in [0.15, 0.2) is 34.4 Å². The molecule has 0 N–H and O–H groups in total. The number of hydrogen-bond acceptors (Lipinski definition) is 4. The standard InChI is InChI=1S/C11H9Cl2N3S/c1-2-9-15-8(13)6-10(16-9)17-11-7(12)4-3-5-14-11/h3-6H,2H2,1H3. The molecule has 0 atom stereocenters. The normalized spacial score (nSPS) is 10.5. The number of aryl methyl sites for hydroxylation is 1. The maximum atomic E-state index is 6.03. The Morgan fingerprint density at radius 1 is 1.29 bits per heavy atom. The van der Waals surface area contributed by atoms with Gasteiger partial charge < -0.3 is 0 Å². The molecule has 0 radical (unpaired) electrons. The lowest BCUT2D eigenvalue weighted by Gasteiger charge is -2.04. The number of nitrogens with zero attached hydrogens (tertiary/aromatic N) is 3. The van der Waals surface area contributed by atoms with Gasteiger partial charge in [0.25, 0.3) is 0 Å². The minimum atomic E-state index is 0.436. The molecule has 2 aromatic heterocycles. The van der Waals surface area contributed by atoms with Crippen molar-refractivity contribution in [2.45, 2.75) is 23.4 Å². The second-order valence-electron chi connectivity index (χ2n) is 3.19. The van der Waals surface area contributed by atoms with Gasteiger partial charge in [0.05, 0.1) is 5.02 Å². The molecule has 0 saturated carbocycles. The van der Waals surface area contributed by atoms with E-state index in [2.05, 4.69) is 15.0 Å². The van der Waals surface area contributed by atoms with Gasteiger partial charge in [0.2, 0.25) is 0 Å². The minimum Gasteiger partial charge on any atom is -0.248 e. The van der Waals surface area contributed by atoms with Gasteiger partial charge in [-0.15, -0.1) is 0 Å². The van der Waals surface area contributed by atoms with Gasteiger partial charge in [0.15, 0.2) is 0 Å². The Morgan fingerprint density at radius 3 is 2.82 bits per heavy atom. The quantitative estimate of drug-likeness (QED) is 0.802. The van der Waals surface area contributed by atoms with Crippen molar-refractivity contribution in [3.63, 3.8) is 0 Å². The second-order valence-corrected chi connectivity index (χ2v) is 4.99. The van der Waals surface area contributed by atoms with E-state index in [4.69, 9.17) is 23.2 Å². The summed E-state index contributed by atoms with van der Waals surface area (Å²) in [5, 5.41) is 2.50. The van der Waals surface area contributed by atoms with Crippen LogP contribution < -0.4 is 0 Å². The molecule has 0 bridgehead atoms. The molecular formula is C11H9Cl2N3S. The summed E-state index contributed by atoms with van der Waals surface area (Å²) in [6.07, 6.45) is 2.43. The highest BCUT2D eigenvalue weighted by molar-refractivity contribution is 7.99. The smallest absolute Gasteiger partial charge is 0.133 e. The Bertz CT molecular complexity index is 534. The molecule has 17 heavy (non-hydrogen) atoms. The first-order valence-corrected chi connectivity index (χ1v) is 6.58. The fourth-order valence-electron chi connectivity index (χ4n) is 1.20. The molecule has 0 aromatic carbocycles. The number of hydrogen-bond donors (Lipinski definition) is 0. The zero-order valence-corrected chi connectivity index (χ0v) is 11.4. The van der Waals surface area contributed by atoms with Gasteiger partial charge >= 0.3 is 0 Å². The predicted molar refractivity (Wildman–Crippen MR) is 69.8 cm³/mol. The largest absolute Gasteiger partial charge is 0.248 e. The van der Waals surface area contributed by atoms with Crippen LogP contribution in [-0.2, 0) is 6.42 Å². The lowest BCUT2D eigenvalue weighted by molar-refractivity contribution is 0.887. The van der Waals surface area contributed by atoms with Crippen LogP contribution in [0, 0.1) is 0 Å². The van der Waals surface area contributed by atoms with E-state index in [1.54, 1.807) is 24.4 Å². The molecule has 2 rings (SSSR count). The van der Waals surface area contributed by atoms with Crippen molar-refractivity contribution < 1.29 is 0 Å². The van der Waals surface area contributed by atoms with Crippen LogP contribution in [-0.4, -0.2) is 15.0 Å². The lowest BCUT2D eigenvalue weighted by atomic mass is 10.4. The zero-order chi connectivity index (χ0) is 12.3. The third-order valence-corrected chi connectivity index (χ3v) is 3.51. The van der Waals surface area contributed by atoms with Crippen LogP contribution in [0.1, 0.15) is 12.7 Å². The van der Waals surface area contributed by atoms with Crippen LogP contribution in [0.5, 0.6) is 0 Å². The number of pyridine rings is 1. The maximum Gasteiger partial charge on any atom is 0.133 e. The van der Waals surface area contributed by atoms with E-state index in [9.17, 15) is 0 Å². The fraction of sp³-hybridized carbons (Fsp3) is 0.182. The van der Waals surface area contributed by atoms with E-state index < -0.39 is 0 Å². The number of rotatable bonds is 3. The fourth-order valence-corrected chi connectivity index (χ4v) is 2.50. The molecule has 0 aliphatic rings. The molecule has 2 heterocycles. The number of aromatic nitrogens is 3. The molecule has 0 saturated heterocycles. The van der Waals surface area contributed by atoms with Crippen molar-refractivity contribution >= 4 is 35.0 Å². The lowest BCUT2D eigenvalue weighted by Crippen LogP contribution is -1.94. The van der Waals surface area contributed by atoms with E-state index in [-0.39, 0.29) is 0 Å². The highest BCUT2D eigenvalue weighted by Crippen LogP contribution is 2.30. The first-order chi connectivity index (χ1) is 8.19. The summed E-state index contributed by atoms with van der Waals surface area (Å²) in [6.45, 7) is 1.98. The van der Waals surface area contributed by atoms with Crippen molar-refractivity contribution in [3.05, 3.63) is 40.4 Å². The summed E-state index contributed by atoms with van der Waals surface area (Å²) in [7, 11) is 0. The van der Waals surface area contributed by atoms with Crippen molar-refractivity contribution in [1.82, 2.24) is 15.0 Å². The molecule has 0 aliphatic carbocycles. The molecule has 2 aromatic rings. The van der Waals surface area contributed by atoms with Crippen LogP contribution in [0.4, 0.5) is 0 Å². The Kier molecular flexibility index (Phi) is 4.20. The Labute approximate surface area is 114 Å². The van der Waals surface area contributed by atoms with E-state index in [0.29, 0.717) is 21.0 Å². The monoisotopic (exact) mass is 285 g/mol. The van der Waals surface area contributed by atoms with Crippen molar-refractivity contribution in [1.29, 1.82) is 0 Å². The molecule has 0 aliphatic heterocycles. The van der Waals surface area contributed by atoms with Crippen LogP contribution in [0.2, 0.25) is 10.2 Å². The van der Waals surface area contributed by atoms with Gasteiger partial charge in [0.1, 0.15) is 21.0 Å². The van der Waals surface area contributed by atoms with Gasteiger partial charge in [-0.25, -0.2) is 15.0 Å². The number of halogens is 2. The van der Waals surface area contributed by atoms with Gasteiger partial charge in [-0.2, -0.15) is 0 Å². The van der Waals surface area contributed by atoms with Gasteiger partial charge in [-0.1, -0.05) is 30.1 Å². The van der Waals surface area contributed by atoms with E-state index in [1.807, 2.05) is 6.92 Å². The third-order valence-electron chi connectivity index (χ3n) is 1.96. The van der Waals surface area contributed by atoms with E-state index in [0.717, 1.165) is 11.4 Å². The highest BCUT2D eigenvalue weighted by atomic mass is 35.5. The SMILES string of the molecule is CCc1nc(Cl)cc(Sc2ncccc2Cl)n1. The average Bonchev–Trinajstić information content (AvgIpc) is 2.31. The first-order valence-electron chi connectivity index (χ1n) is 5.01. The Morgan fingerprint density at radius 2 is 2.12 bits per heavy atom. The summed E-state index contributed by atoms with van der Waals surface area (Å²) in [5.41, 5.74) is 0. The first kappa shape index (κ1) is 12.6. The molecule has 0 spiro atoms. The summed E-state index contributed by atoms with van der Waals surface area (Å²) in [4.78, 5) is 12.6. The van der Waals surface area contributed by atoms with Crippen LogP contribution >= 0.6 is 35.0 Å². The van der Waals surface area contributed by atoms with Crippen molar-refractivity contribution in [3.8, 4) is 0 Å². The average molecular weight is 286 g/mol. The molecule has 88 valence electrons. The Balaban J connectivity index is 2.30. The highest BCUT2D eigenvalue weighted by Gasteiger charge is 2.07. The van der Waals surface area contributed by atoms with Gasteiger partial charge in [0, 0.05) is 18.7 Å². The van der Waals surface area contributed by atoms with Crippen molar-refractivity contribution in [2.24, 2.45) is 0 Å². The summed E-state index contributed by atoms with van der Waals surface area (Å²) >= 11 is 13.3. The molecule has 0 fully saturated rings. The van der Waals surface area contributed by atoms with Crippen LogP contribution in [0.25, 0.3) is 0 Å². The molecule has 6 heteroatoms. The molecule has 0 unspecified atom stereocenters.